The molecule has 0 saturated carbocycles. The van der Waals surface area contributed by atoms with Crippen LogP contribution in [0, 0.1) is 0 Å². The molecular weight excluding hydrogens is 504 g/mol. The third-order valence-electron chi connectivity index (χ3n) is 4.02. The largest absolute Gasteiger partial charge is 0.748 e. The number of hydrogen-bond donors (Lipinski definition) is 1. The molecule has 220 valence electrons. The Hall–Kier alpha value is -2.73. The number of aliphatic hydroxyl groups is 1. The normalized spacial score (nSPS) is 9.54. The maximum atomic E-state index is 9.08. The van der Waals surface area contributed by atoms with Crippen LogP contribution in [-0.2, 0) is 10.1 Å². The number of rotatable bonds is 2. The van der Waals surface area contributed by atoms with E-state index in [1.54, 1.807) is 20.8 Å². The van der Waals surface area contributed by atoms with Crippen LogP contribution in [0.1, 0.15) is 81.6 Å². The van der Waals surface area contributed by atoms with Crippen LogP contribution in [0.3, 0.4) is 0 Å². The molecule has 0 aromatic heterocycles. The van der Waals surface area contributed by atoms with Crippen LogP contribution in [0.25, 0.3) is 21.5 Å². The van der Waals surface area contributed by atoms with Gasteiger partial charge in [0.15, 0.2) is 0 Å². The topological polar surface area (TPSA) is 77.4 Å². The van der Waals surface area contributed by atoms with Gasteiger partial charge < -0.3 is 9.66 Å². The minimum atomic E-state index is -3.92. The lowest BCUT2D eigenvalue weighted by Crippen LogP contribution is -2.10. The van der Waals surface area contributed by atoms with Gasteiger partial charge in [-0.25, -0.2) is 8.42 Å². The molecule has 0 amide bonds. The monoisotopic (exact) mass is 557 g/mol. The SMILES string of the molecule is CC.CC.CC(C)(C)O.CCCCC.CS(=O)(=O)[O-].c1ccc2ccccc2c1.c1ccc2ccccc2c1. The van der Waals surface area contributed by atoms with Crippen molar-refractivity contribution in [1.82, 2.24) is 0 Å². The van der Waals surface area contributed by atoms with E-state index in [4.69, 9.17) is 18.1 Å². The highest BCUT2D eigenvalue weighted by molar-refractivity contribution is 7.84. The fourth-order valence-corrected chi connectivity index (χ4v) is 2.62. The van der Waals surface area contributed by atoms with E-state index in [9.17, 15) is 0 Å². The molecule has 1 N–H and O–H groups in total. The second-order valence-corrected chi connectivity index (χ2v) is 10.3. The van der Waals surface area contributed by atoms with Crippen molar-refractivity contribution < 1.29 is 18.1 Å². The molecule has 4 aromatic carbocycles. The second-order valence-electron chi connectivity index (χ2n) is 8.92. The summed E-state index contributed by atoms with van der Waals surface area (Å²) in [6.07, 6.45) is 4.68. The van der Waals surface area contributed by atoms with Gasteiger partial charge in [-0.05, 0) is 42.3 Å². The first kappa shape index (κ1) is 40.8. The predicted octanol–water partition coefficient (Wildman–Crippen LogP) is 9.87. The van der Waals surface area contributed by atoms with Crippen LogP contribution in [0.5, 0.6) is 0 Å². The van der Waals surface area contributed by atoms with Gasteiger partial charge in [-0.15, -0.1) is 0 Å². The van der Waals surface area contributed by atoms with Crippen LogP contribution < -0.4 is 0 Å². The molecule has 4 rings (SSSR count). The molecule has 0 fully saturated rings. The maximum Gasteiger partial charge on any atom is 0.0916 e. The van der Waals surface area contributed by atoms with Gasteiger partial charge in [-0.2, -0.15) is 0 Å². The predicted molar refractivity (Wildman–Crippen MR) is 173 cm³/mol. The molecule has 0 saturated heterocycles. The highest BCUT2D eigenvalue weighted by atomic mass is 32.2. The van der Waals surface area contributed by atoms with Crippen LogP contribution >= 0.6 is 0 Å². The standard InChI is InChI=1S/2C10H8.C5H12.C4H10O.2C2H6.CH4O3S/c2*1-2-6-10-8-4-3-7-9(10)5-1;1-3-5-4-2;1-4(2,3)5;2*1-2;1-5(2,3)4/h2*1-8H;3-5H2,1-2H3;5H,1-3H3;2*1-2H3;1H3,(H,2,3,4)/p-1. The molecule has 0 aliphatic heterocycles. The van der Waals surface area contributed by atoms with E-state index in [-0.39, 0.29) is 0 Å². The van der Waals surface area contributed by atoms with Crippen molar-refractivity contribution in [2.75, 3.05) is 6.26 Å². The molecular formula is C34H53O4S-. The highest BCUT2D eigenvalue weighted by Gasteiger charge is 1.97. The van der Waals surface area contributed by atoms with Crippen molar-refractivity contribution in [3.63, 3.8) is 0 Å². The Morgan fingerprint density at radius 2 is 0.718 bits per heavy atom. The third-order valence-corrected chi connectivity index (χ3v) is 4.02. The molecule has 0 aliphatic rings. The average molecular weight is 558 g/mol. The van der Waals surface area contributed by atoms with Gasteiger partial charge in [0.05, 0.1) is 15.7 Å². The Labute approximate surface area is 239 Å². The molecule has 0 heterocycles. The summed E-state index contributed by atoms with van der Waals surface area (Å²) in [5, 5.41) is 13.8. The number of fused-ring (bicyclic) bond motifs is 2. The molecule has 0 spiro atoms. The molecule has 5 heteroatoms. The van der Waals surface area contributed by atoms with Crippen LogP contribution in [-0.4, -0.2) is 29.9 Å². The van der Waals surface area contributed by atoms with E-state index >= 15 is 0 Å². The lowest BCUT2D eigenvalue weighted by atomic mass is 10.1. The lowest BCUT2D eigenvalue weighted by Gasteiger charge is -2.04. The fourth-order valence-electron chi connectivity index (χ4n) is 2.62. The van der Waals surface area contributed by atoms with E-state index in [1.165, 1.54) is 40.8 Å². The number of benzene rings is 4. The Bertz CT molecular complexity index is 962. The van der Waals surface area contributed by atoms with Crippen LogP contribution in [0.2, 0.25) is 0 Å². The van der Waals surface area contributed by atoms with E-state index in [2.05, 4.69) is 111 Å². The first-order valence-electron chi connectivity index (χ1n) is 13.9. The zero-order valence-corrected chi connectivity index (χ0v) is 26.8. The Morgan fingerprint density at radius 1 is 0.590 bits per heavy atom. The summed E-state index contributed by atoms with van der Waals surface area (Å²) >= 11 is 0. The molecule has 0 atom stereocenters. The Kier molecular flexibility index (Phi) is 26.7. The van der Waals surface area contributed by atoms with Gasteiger partial charge in [0.1, 0.15) is 0 Å². The highest BCUT2D eigenvalue weighted by Crippen LogP contribution is 2.12. The summed E-state index contributed by atoms with van der Waals surface area (Å²) in [6, 6.07) is 33.4. The summed E-state index contributed by atoms with van der Waals surface area (Å²) in [4.78, 5) is 0. The first-order valence-corrected chi connectivity index (χ1v) is 15.7. The van der Waals surface area contributed by atoms with Crippen LogP contribution in [0.4, 0.5) is 0 Å². The third kappa shape index (κ3) is 31.4. The second kappa shape index (κ2) is 25.5. The van der Waals surface area contributed by atoms with Crippen LogP contribution in [0.15, 0.2) is 97.1 Å². The quantitative estimate of drug-likeness (QED) is 0.249. The van der Waals surface area contributed by atoms with Gasteiger partial charge in [0.2, 0.25) is 0 Å². The molecule has 0 radical (unpaired) electrons. The Morgan fingerprint density at radius 3 is 0.795 bits per heavy atom. The molecule has 0 bridgehead atoms. The Balaban J connectivity index is -0.000000420. The average Bonchev–Trinajstić information content (AvgIpc) is 2.90. The van der Waals surface area contributed by atoms with Gasteiger partial charge in [0.25, 0.3) is 0 Å². The summed E-state index contributed by atoms with van der Waals surface area (Å²) in [6.45, 7) is 17.7. The molecule has 39 heavy (non-hydrogen) atoms. The zero-order chi connectivity index (χ0) is 30.7. The molecule has 0 unspecified atom stereocenters. The molecule has 4 nitrogen and oxygen atoms in total. The van der Waals surface area contributed by atoms with Crippen molar-refractivity contribution in [2.24, 2.45) is 0 Å². The van der Waals surface area contributed by atoms with Crippen molar-refractivity contribution in [2.45, 2.75) is 87.2 Å². The van der Waals surface area contributed by atoms with Gasteiger partial charge in [-0.3, -0.25) is 0 Å². The maximum absolute atomic E-state index is 9.08. The van der Waals surface area contributed by atoms with Gasteiger partial charge in [-0.1, -0.05) is 158 Å². The summed E-state index contributed by atoms with van der Waals surface area (Å²) in [5.41, 5.74) is -0.500. The van der Waals surface area contributed by atoms with E-state index in [0.29, 0.717) is 6.26 Å². The van der Waals surface area contributed by atoms with E-state index in [0.717, 1.165) is 0 Å². The van der Waals surface area contributed by atoms with Gasteiger partial charge in [0, 0.05) is 6.26 Å². The van der Waals surface area contributed by atoms with Crippen molar-refractivity contribution in [1.29, 1.82) is 0 Å². The molecule has 0 aliphatic carbocycles. The number of hydrogen-bond acceptors (Lipinski definition) is 4. The minimum absolute atomic E-state index is 0.500. The number of unbranched alkanes of at least 4 members (excludes halogenated alkanes) is 2. The lowest BCUT2D eigenvalue weighted by molar-refractivity contribution is 0.102. The molecule has 4 aromatic rings. The van der Waals surface area contributed by atoms with Crippen molar-refractivity contribution in [3.8, 4) is 0 Å². The first-order chi connectivity index (χ1) is 18.3. The zero-order valence-electron chi connectivity index (χ0n) is 25.9. The summed E-state index contributed by atoms with van der Waals surface area (Å²) < 4.78 is 27.2. The van der Waals surface area contributed by atoms with Gasteiger partial charge >= 0.3 is 0 Å². The van der Waals surface area contributed by atoms with Crippen molar-refractivity contribution >= 4 is 31.7 Å². The summed E-state index contributed by atoms with van der Waals surface area (Å²) in [7, 11) is -3.92. The van der Waals surface area contributed by atoms with E-state index in [1.807, 2.05) is 27.7 Å². The van der Waals surface area contributed by atoms with Crippen molar-refractivity contribution in [3.05, 3.63) is 97.1 Å². The fraction of sp³-hybridized carbons (Fsp3) is 0.412. The smallest absolute Gasteiger partial charge is 0.0916 e. The van der Waals surface area contributed by atoms with E-state index < -0.39 is 15.7 Å². The minimum Gasteiger partial charge on any atom is -0.748 e. The summed E-state index contributed by atoms with van der Waals surface area (Å²) in [5.74, 6) is 0.